The maximum atomic E-state index is 14.0. The van der Waals surface area contributed by atoms with E-state index in [1.165, 1.54) is 31.4 Å². The van der Waals surface area contributed by atoms with Crippen LogP contribution >= 0.6 is 0 Å². The number of carbonyl (C=O) groups is 2. The second-order valence-electron chi connectivity index (χ2n) is 6.59. The van der Waals surface area contributed by atoms with E-state index in [2.05, 4.69) is 5.32 Å². The van der Waals surface area contributed by atoms with Gasteiger partial charge in [0.05, 0.1) is 7.11 Å². The monoisotopic (exact) mass is 392 g/mol. The largest absolute Gasteiger partial charge is 0.468 e. The zero-order valence-electron chi connectivity index (χ0n) is 15.1. The van der Waals surface area contributed by atoms with Crippen LogP contribution in [0.2, 0.25) is 0 Å². The van der Waals surface area contributed by atoms with Gasteiger partial charge in [0.2, 0.25) is 0 Å². The van der Waals surface area contributed by atoms with Crippen LogP contribution in [-0.4, -0.2) is 42.5 Å². The van der Waals surface area contributed by atoms with Crippen LogP contribution in [-0.2, 0) is 16.1 Å². The summed E-state index contributed by atoms with van der Waals surface area (Å²) in [6.07, 6.45) is 0.212. The van der Waals surface area contributed by atoms with Crippen LogP contribution in [0.25, 0.3) is 0 Å². The Labute approximate surface area is 160 Å². The molecular weight excluding hydrogens is 373 g/mol. The van der Waals surface area contributed by atoms with E-state index in [4.69, 9.17) is 4.74 Å². The molecule has 1 heterocycles. The van der Waals surface area contributed by atoms with E-state index in [0.29, 0.717) is 0 Å². The Hall–Kier alpha value is -2.87. The molecule has 0 bridgehead atoms. The lowest BCUT2D eigenvalue weighted by Crippen LogP contribution is -2.38. The summed E-state index contributed by atoms with van der Waals surface area (Å²) >= 11 is 0. The Morgan fingerprint density at radius 2 is 1.82 bits per heavy atom. The summed E-state index contributed by atoms with van der Waals surface area (Å²) in [4.78, 5) is 26.0. The maximum absolute atomic E-state index is 14.0. The van der Waals surface area contributed by atoms with Gasteiger partial charge in [0.15, 0.2) is 0 Å². The van der Waals surface area contributed by atoms with Gasteiger partial charge in [0.25, 0.3) is 5.91 Å². The van der Waals surface area contributed by atoms with E-state index < -0.39 is 41.4 Å². The molecule has 1 amide bonds. The van der Waals surface area contributed by atoms with E-state index in [1.807, 2.05) is 0 Å². The molecule has 5 nitrogen and oxygen atoms in total. The van der Waals surface area contributed by atoms with Gasteiger partial charge in [-0.2, -0.15) is 0 Å². The van der Waals surface area contributed by atoms with Crippen molar-refractivity contribution in [3.63, 3.8) is 0 Å². The molecular formula is C20H19F3N2O3. The second-order valence-corrected chi connectivity index (χ2v) is 6.59. The fourth-order valence-corrected chi connectivity index (χ4v) is 3.35. The lowest BCUT2D eigenvalue weighted by atomic mass is 10.1. The summed E-state index contributed by atoms with van der Waals surface area (Å²) in [5.74, 6) is -3.01. The Balaban J connectivity index is 1.75. The summed E-state index contributed by atoms with van der Waals surface area (Å²) in [6, 6.07) is 7.55. The molecule has 2 aromatic carbocycles. The lowest BCUT2D eigenvalue weighted by molar-refractivity contribution is -0.146. The number of hydrogen-bond donors (Lipinski definition) is 1. The van der Waals surface area contributed by atoms with Gasteiger partial charge in [0, 0.05) is 30.3 Å². The highest BCUT2D eigenvalue weighted by Crippen LogP contribution is 2.24. The molecule has 0 aliphatic carbocycles. The fraction of sp³-hybridized carbons (Fsp3) is 0.300. The first-order chi connectivity index (χ1) is 13.4. The van der Waals surface area contributed by atoms with Crippen LogP contribution in [0.1, 0.15) is 22.3 Å². The second kappa shape index (κ2) is 8.43. The number of rotatable bonds is 5. The van der Waals surface area contributed by atoms with Gasteiger partial charge in [-0.3, -0.25) is 14.5 Å². The van der Waals surface area contributed by atoms with Gasteiger partial charge < -0.3 is 10.1 Å². The SMILES string of the molecule is COC(=O)[C@@H]1C[C@@H](NC(=O)c2cccc(F)c2)CN1Cc1c(F)cccc1F. The molecule has 0 aromatic heterocycles. The summed E-state index contributed by atoms with van der Waals surface area (Å²) in [5, 5.41) is 2.73. The summed E-state index contributed by atoms with van der Waals surface area (Å²) < 4.78 is 46.1. The average molecular weight is 392 g/mol. The van der Waals surface area contributed by atoms with Crippen molar-refractivity contribution in [2.75, 3.05) is 13.7 Å². The first-order valence-electron chi connectivity index (χ1n) is 8.70. The van der Waals surface area contributed by atoms with Crippen molar-refractivity contribution in [2.45, 2.75) is 25.0 Å². The smallest absolute Gasteiger partial charge is 0.323 e. The molecule has 1 fully saturated rings. The number of amides is 1. The molecule has 0 spiro atoms. The van der Waals surface area contributed by atoms with Crippen LogP contribution in [0, 0.1) is 17.5 Å². The molecule has 28 heavy (non-hydrogen) atoms. The molecule has 1 aliphatic rings. The van der Waals surface area contributed by atoms with Gasteiger partial charge in [-0.25, -0.2) is 13.2 Å². The molecule has 3 rings (SSSR count). The van der Waals surface area contributed by atoms with Gasteiger partial charge in [0.1, 0.15) is 23.5 Å². The molecule has 0 saturated carbocycles. The molecule has 1 saturated heterocycles. The van der Waals surface area contributed by atoms with Gasteiger partial charge in [-0.1, -0.05) is 12.1 Å². The van der Waals surface area contributed by atoms with Crippen molar-refractivity contribution >= 4 is 11.9 Å². The van der Waals surface area contributed by atoms with E-state index in [9.17, 15) is 22.8 Å². The van der Waals surface area contributed by atoms with Crippen LogP contribution < -0.4 is 5.32 Å². The van der Waals surface area contributed by atoms with Crippen molar-refractivity contribution in [3.05, 3.63) is 71.0 Å². The Bertz CT molecular complexity index is 870. The predicted octanol–water partition coefficient (Wildman–Crippen LogP) is 2.65. The number of likely N-dealkylation sites (tertiary alicyclic amines) is 1. The minimum atomic E-state index is -0.762. The Morgan fingerprint density at radius 1 is 1.14 bits per heavy atom. The lowest BCUT2D eigenvalue weighted by Gasteiger charge is -2.22. The van der Waals surface area contributed by atoms with Crippen LogP contribution in [0.3, 0.4) is 0 Å². The summed E-state index contributed by atoms with van der Waals surface area (Å²) in [7, 11) is 1.23. The highest BCUT2D eigenvalue weighted by atomic mass is 19.1. The fourth-order valence-electron chi connectivity index (χ4n) is 3.35. The minimum absolute atomic E-state index is 0.146. The number of benzene rings is 2. The summed E-state index contributed by atoms with van der Waals surface area (Å²) in [6.45, 7) is 0.0409. The molecule has 1 aliphatic heterocycles. The van der Waals surface area contributed by atoms with Crippen molar-refractivity contribution in [1.29, 1.82) is 0 Å². The number of methoxy groups -OCH3 is 1. The molecule has 0 radical (unpaired) electrons. The van der Waals surface area contributed by atoms with E-state index >= 15 is 0 Å². The molecule has 148 valence electrons. The van der Waals surface area contributed by atoms with Crippen molar-refractivity contribution in [2.24, 2.45) is 0 Å². The van der Waals surface area contributed by atoms with Crippen LogP contribution in [0.5, 0.6) is 0 Å². The highest BCUT2D eigenvalue weighted by molar-refractivity contribution is 5.94. The number of ether oxygens (including phenoxy) is 1. The standard InChI is InChI=1S/C20H19F3N2O3/c1-28-20(27)18-9-14(24-19(26)12-4-2-5-13(21)8-12)10-25(18)11-15-16(22)6-3-7-17(15)23/h2-8,14,18H,9-11H2,1H3,(H,24,26)/t14-,18+/m1/s1. The first kappa shape index (κ1) is 19.9. The Kier molecular flexibility index (Phi) is 5.99. The van der Waals surface area contributed by atoms with Gasteiger partial charge >= 0.3 is 5.97 Å². The van der Waals surface area contributed by atoms with Crippen molar-refractivity contribution < 1.29 is 27.5 Å². The van der Waals surface area contributed by atoms with Crippen LogP contribution in [0.4, 0.5) is 13.2 Å². The van der Waals surface area contributed by atoms with Crippen molar-refractivity contribution in [3.8, 4) is 0 Å². The third-order valence-electron chi connectivity index (χ3n) is 4.72. The minimum Gasteiger partial charge on any atom is -0.468 e. The third kappa shape index (κ3) is 4.33. The number of nitrogens with zero attached hydrogens (tertiary/aromatic N) is 1. The predicted molar refractivity (Wildman–Crippen MR) is 94.8 cm³/mol. The zero-order chi connectivity index (χ0) is 20.3. The van der Waals surface area contributed by atoms with E-state index in [1.54, 1.807) is 4.90 Å². The Morgan fingerprint density at radius 3 is 2.46 bits per heavy atom. The van der Waals surface area contributed by atoms with E-state index in [-0.39, 0.29) is 30.6 Å². The topological polar surface area (TPSA) is 58.6 Å². The highest BCUT2D eigenvalue weighted by Gasteiger charge is 2.38. The molecule has 8 heteroatoms. The third-order valence-corrected chi connectivity index (χ3v) is 4.72. The molecule has 2 aromatic rings. The zero-order valence-corrected chi connectivity index (χ0v) is 15.1. The average Bonchev–Trinajstić information content (AvgIpc) is 3.06. The maximum Gasteiger partial charge on any atom is 0.323 e. The normalized spacial score (nSPS) is 19.4. The van der Waals surface area contributed by atoms with Gasteiger partial charge in [-0.15, -0.1) is 0 Å². The molecule has 1 N–H and O–H groups in total. The number of hydrogen-bond acceptors (Lipinski definition) is 4. The molecule has 2 atom stereocenters. The summed E-state index contributed by atoms with van der Waals surface area (Å²) in [5.41, 5.74) is -0.0123. The van der Waals surface area contributed by atoms with Gasteiger partial charge in [-0.05, 0) is 36.8 Å². The number of carbonyl (C=O) groups excluding carboxylic acids is 2. The van der Waals surface area contributed by atoms with E-state index in [0.717, 1.165) is 18.2 Å². The first-order valence-corrected chi connectivity index (χ1v) is 8.70. The van der Waals surface area contributed by atoms with Crippen molar-refractivity contribution in [1.82, 2.24) is 10.2 Å². The van der Waals surface area contributed by atoms with Crippen LogP contribution in [0.15, 0.2) is 42.5 Å². The molecule has 0 unspecified atom stereocenters. The number of esters is 1. The number of nitrogens with one attached hydrogen (secondary N) is 1. The number of halogens is 3. The quantitative estimate of drug-likeness (QED) is 0.795.